The molecule has 122 valence electrons. The van der Waals surface area contributed by atoms with E-state index >= 15 is 0 Å². The van der Waals surface area contributed by atoms with E-state index in [1.807, 2.05) is 0 Å². The molecule has 1 unspecified atom stereocenters. The Bertz CT molecular complexity index is 715. The van der Waals surface area contributed by atoms with Crippen molar-refractivity contribution in [1.29, 1.82) is 0 Å². The van der Waals surface area contributed by atoms with E-state index in [1.165, 1.54) is 20.8 Å². The van der Waals surface area contributed by atoms with Gasteiger partial charge in [-0.2, -0.15) is 4.31 Å². The number of rotatable bonds is 6. The van der Waals surface area contributed by atoms with Gasteiger partial charge in [0.2, 0.25) is 10.0 Å². The zero-order valence-corrected chi connectivity index (χ0v) is 13.0. The van der Waals surface area contributed by atoms with E-state index in [-0.39, 0.29) is 12.1 Å². The van der Waals surface area contributed by atoms with Gasteiger partial charge in [-0.3, -0.25) is 4.79 Å². The first-order valence-electron chi connectivity index (χ1n) is 6.32. The number of likely N-dealkylation sites (N-methyl/N-ethyl adjacent to an activating group) is 1. The Labute approximate surface area is 127 Å². The Balaban J connectivity index is 3.57. The molecule has 0 radical (unpaired) electrons. The standard InChI is InChI=1S/C13H16FNO6S/c1-4-15(8(3)12(16)17)22(20,21)11-6-9(13(18)19)5-10(14)7(11)2/h5-6,8H,4H2,1-3H3,(H,16,17)(H,18,19). The van der Waals surface area contributed by atoms with Crippen LogP contribution in [0.5, 0.6) is 0 Å². The number of benzene rings is 1. The highest BCUT2D eigenvalue weighted by Gasteiger charge is 2.33. The van der Waals surface area contributed by atoms with Crippen LogP contribution in [0.3, 0.4) is 0 Å². The maximum atomic E-state index is 13.8. The number of hydrogen-bond acceptors (Lipinski definition) is 4. The maximum Gasteiger partial charge on any atom is 0.335 e. The summed E-state index contributed by atoms with van der Waals surface area (Å²) in [6, 6.07) is 0.173. The second-order valence-corrected chi connectivity index (χ2v) is 6.47. The van der Waals surface area contributed by atoms with E-state index in [2.05, 4.69) is 0 Å². The summed E-state index contributed by atoms with van der Waals surface area (Å²) < 4.78 is 39.6. The highest BCUT2D eigenvalue weighted by molar-refractivity contribution is 7.89. The minimum atomic E-state index is -4.36. The number of nitrogens with zero attached hydrogens (tertiary/aromatic N) is 1. The molecule has 0 fully saturated rings. The molecular formula is C13H16FNO6S. The summed E-state index contributed by atoms with van der Waals surface area (Å²) in [5, 5.41) is 17.9. The molecule has 7 nitrogen and oxygen atoms in total. The topological polar surface area (TPSA) is 112 Å². The molecule has 0 heterocycles. The number of hydrogen-bond donors (Lipinski definition) is 2. The van der Waals surface area contributed by atoms with E-state index < -0.39 is 44.3 Å². The van der Waals surface area contributed by atoms with Crippen LogP contribution in [-0.2, 0) is 14.8 Å². The minimum Gasteiger partial charge on any atom is -0.480 e. The molecule has 1 aromatic rings. The van der Waals surface area contributed by atoms with Crippen molar-refractivity contribution in [2.24, 2.45) is 0 Å². The summed E-state index contributed by atoms with van der Waals surface area (Å²) in [4.78, 5) is 21.4. The van der Waals surface area contributed by atoms with Crippen molar-refractivity contribution in [2.75, 3.05) is 6.54 Å². The predicted molar refractivity (Wildman–Crippen MR) is 74.8 cm³/mol. The zero-order chi connectivity index (χ0) is 17.2. The van der Waals surface area contributed by atoms with Gasteiger partial charge in [-0.15, -0.1) is 0 Å². The Morgan fingerprint density at radius 1 is 1.32 bits per heavy atom. The molecule has 0 bridgehead atoms. The van der Waals surface area contributed by atoms with Crippen LogP contribution in [0.15, 0.2) is 17.0 Å². The van der Waals surface area contributed by atoms with Crippen molar-refractivity contribution < 1.29 is 32.6 Å². The smallest absolute Gasteiger partial charge is 0.335 e. The molecule has 2 N–H and O–H groups in total. The molecular weight excluding hydrogens is 317 g/mol. The molecule has 1 atom stereocenters. The number of halogens is 1. The van der Waals surface area contributed by atoms with Crippen LogP contribution in [-0.4, -0.2) is 47.5 Å². The maximum absolute atomic E-state index is 13.8. The summed E-state index contributed by atoms with van der Waals surface area (Å²) >= 11 is 0. The van der Waals surface area contributed by atoms with Crippen LogP contribution in [0, 0.1) is 12.7 Å². The summed E-state index contributed by atoms with van der Waals surface area (Å²) in [7, 11) is -4.36. The Morgan fingerprint density at radius 3 is 2.27 bits per heavy atom. The van der Waals surface area contributed by atoms with Crippen LogP contribution in [0.1, 0.15) is 29.8 Å². The number of carboxylic acid groups (broad SMARTS) is 2. The average Bonchev–Trinajstić information content (AvgIpc) is 2.41. The average molecular weight is 333 g/mol. The van der Waals surface area contributed by atoms with Crippen LogP contribution in [0.2, 0.25) is 0 Å². The summed E-state index contributed by atoms with van der Waals surface area (Å²) in [6.07, 6.45) is 0. The zero-order valence-electron chi connectivity index (χ0n) is 12.2. The lowest BCUT2D eigenvalue weighted by Gasteiger charge is -2.25. The van der Waals surface area contributed by atoms with Crippen molar-refractivity contribution in [3.8, 4) is 0 Å². The third-order valence-electron chi connectivity index (χ3n) is 3.23. The first-order chi connectivity index (χ1) is 10.0. The Morgan fingerprint density at radius 2 is 1.86 bits per heavy atom. The van der Waals surface area contributed by atoms with Gasteiger partial charge in [0, 0.05) is 12.1 Å². The molecule has 22 heavy (non-hydrogen) atoms. The molecule has 0 aliphatic heterocycles. The second kappa shape index (κ2) is 6.41. The summed E-state index contributed by atoms with van der Waals surface area (Å²) in [5.41, 5.74) is -0.790. The molecule has 1 aromatic carbocycles. The molecule has 0 spiro atoms. The predicted octanol–water partition coefficient (Wildman–Crippen LogP) is 1.32. The van der Waals surface area contributed by atoms with E-state index in [0.29, 0.717) is 10.4 Å². The van der Waals surface area contributed by atoms with Gasteiger partial charge < -0.3 is 10.2 Å². The van der Waals surface area contributed by atoms with Crippen molar-refractivity contribution in [3.05, 3.63) is 29.1 Å². The normalized spacial score (nSPS) is 13.1. The van der Waals surface area contributed by atoms with Gasteiger partial charge in [0.15, 0.2) is 0 Å². The van der Waals surface area contributed by atoms with Gasteiger partial charge in [0.05, 0.1) is 10.5 Å². The van der Waals surface area contributed by atoms with Crippen LogP contribution in [0.25, 0.3) is 0 Å². The lowest BCUT2D eigenvalue weighted by molar-refractivity contribution is -0.140. The fourth-order valence-corrected chi connectivity index (χ4v) is 3.81. The monoisotopic (exact) mass is 333 g/mol. The van der Waals surface area contributed by atoms with E-state index in [1.54, 1.807) is 0 Å². The molecule has 0 aliphatic rings. The third kappa shape index (κ3) is 3.25. The largest absolute Gasteiger partial charge is 0.480 e. The Hall–Kier alpha value is -2.00. The Kier molecular flexibility index (Phi) is 5.26. The molecule has 1 rings (SSSR count). The van der Waals surface area contributed by atoms with E-state index in [9.17, 15) is 22.4 Å². The third-order valence-corrected chi connectivity index (χ3v) is 5.40. The second-order valence-electron chi connectivity index (χ2n) is 4.61. The lowest BCUT2D eigenvalue weighted by Crippen LogP contribution is -2.43. The fourth-order valence-electron chi connectivity index (χ4n) is 1.95. The number of sulfonamides is 1. The van der Waals surface area contributed by atoms with Gasteiger partial charge in [0.25, 0.3) is 0 Å². The van der Waals surface area contributed by atoms with Crippen molar-refractivity contribution in [1.82, 2.24) is 4.31 Å². The minimum absolute atomic E-state index is 0.159. The molecule has 0 saturated heterocycles. The fraction of sp³-hybridized carbons (Fsp3) is 0.385. The van der Waals surface area contributed by atoms with Crippen LogP contribution < -0.4 is 0 Å². The lowest BCUT2D eigenvalue weighted by atomic mass is 10.1. The quantitative estimate of drug-likeness (QED) is 0.812. The van der Waals surface area contributed by atoms with Gasteiger partial charge in [-0.05, 0) is 26.0 Å². The summed E-state index contributed by atoms with van der Waals surface area (Å²) in [6.45, 7) is 3.64. The number of aliphatic carboxylic acids is 1. The van der Waals surface area contributed by atoms with Crippen LogP contribution >= 0.6 is 0 Å². The molecule has 9 heteroatoms. The SMILES string of the molecule is CCN(C(C)C(=O)O)S(=O)(=O)c1cc(C(=O)O)cc(F)c1C. The first kappa shape index (κ1) is 18.1. The number of carboxylic acids is 2. The molecule has 0 aliphatic carbocycles. The first-order valence-corrected chi connectivity index (χ1v) is 7.76. The molecule has 0 amide bonds. The van der Waals surface area contributed by atoms with Crippen LogP contribution in [0.4, 0.5) is 4.39 Å². The number of carbonyl (C=O) groups is 2. The van der Waals surface area contributed by atoms with Gasteiger partial charge in [-0.25, -0.2) is 17.6 Å². The highest BCUT2D eigenvalue weighted by atomic mass is 32.2. The van der Waals surface area contributed by atoms with Gasteiger partial charge in [-0.1, -0.05) is 6.92 Å². The van der Waals surface area contributed by atoms with Gasteiger partial charge >= 0.3 is 11.9 Å². The van der Waals surface area contributed by atoms with E-state index in [0.717, 1.165) is 6.07 Å². The van der Waals surface area contributed by atoms with Crippen molar-refractivity contribution in [3.63, 3.8) is 0 Å². The highest BCUT2D eigenvalue weighted by Crippen LogP contribution is 2.25. The van der Waals surface area contributed by atoms with Crippen molar-refractivity contribution in [2.45, 2.75) is 31.7 Å². The molecule has 0 aromatic heterocycles. The summed E-state index contributed by atoms with van der Waals surface area (Å²) in [5.74, 6) is -3.83. The van der Waals surface area contributed by atoms with Gasteiger partial charge in [0.1, 0.15) is 11.9 Å². The molecule has 0 saturated carbocycles. The van der Waals surface area contributed by atoms with E-state index in [4.69, 9.17) is 10.2 Å². The number of aromatic carboxylic acids is 1. The van der Waals surface area contributed by atoms with Crippen molar-refractivity contribution >= 4 is 22.0 Å².